The molecular formula is C6H11OP. The van der Waals surface area contributed by atoms with Gasteiger partial charge in [-0.05, 0) is 18.5 Å². The van der Waals surface area contributed by atoms with E-state index in [1.165, 1.54) is 0 Å². The van der Waals surface area contributed by atoms with Crippen LogP contribution in [0.4, 0.5) is 0 Å². The van der Waals surface area contributed by atoms with Crippen molar-refractivity contribution < 1.29 is 4.79 Å². The van der Waals surface area contributed by atoms with Crippen LogP contribution in [0, 0.1) is 0 Å². The van der Waals surface area contributed by atoms with Crippen LogP contribution >= 0.6 is 9.24 Å². The number of carbonyl (C=O) groups is 1. The molecule has 0 saturated heterocycles. The second kappa shape index (κ2) is 2.59. The van der Waals surface area contributed by atoms with Gasteiger partial charge < -0.3 is 0 Å². The van der Waals surface area contributed by atoms with E-state index >= 15 is 0 Å². The van der Waals surface area contributed by atoms with Gasteiger partial charge in [-0.1, -0.05) is 0 Å². The number of hydrogen-bond donors (Lipinski definition) is 0. The first-order chi connectivity index (χ1) is 3.79. The van der Waals surface area contributed by atoms with Crippen LogP contribution in [0.3, 0.4) is 0 Å². The van der Waals surface area contributed by atoms with E-state index < -0.39 is 0 Å². The zero-order chi connectivity index (χ0) is 5.98. The maximum Gasteiger partial charge on any atom is 0.132 e. The summed E-state index contributed by atoms with van der Waals surface area (Å²) in [5.41, 5.74) is 0.715. The van der Waals surface area contributed by atoms with Gasteiger partial charge >= 0.3 is 0 Å². The third kappa shape index (κ3) is 1.56. The molecule has 1 rings (SSSR count). The third-order valence-electron chi connectivity index (χ3n) is 1.59. The summed E-state index contributed by atoms with van der Waals surface area (Å²) in [6.07, 6.45) is 3.80. The van der Waals surface area contributed by atoms with E-state index in [-0.39, 0.29) is 0 Å². The van der Waals surface area contributed by atoms with Gasteiger partial charge in [0.15, 0.2) is 0 Å². The zero-order valence-corrected chi connectivity index (χ0v) is 6.05. The summed E-state index contributed by atoms with van der Waals surface area (Å²) < 4.78 is 0. The van der Waals surface area contributed by atoms with E-state index in [0.29, 0.717) is 11.4 Å². The molecular weight excluding hydrogens is 119 g/mol. The van der Waals surface area contributed by atoms with Gasteiger partial charge in [-0.3, -0.25) is 4.79 Å². The number of Topliss-reactive ketones (excluding diaryl/α,β-unsaturated/α-hetero) is 1. The highest BCUT2D eigenvalue weighted by atomic mass is 31.0. The molecule has 0 amide bonds. The Morgan fingerprint density at radius 3 is 2.25 bits per heavy atom. The molecule has 0 spiro atoms. The summed E-state index contributed by atoms with van der Waals surface area (Å²) in [5, 5.41) is 0. The lowest BCUT2D eigenvalue weighted by Crippen LogP contribution is -2.12. The minimum absolute atomic E-state index is 0.448. The first-order valence-electron chi connectivity index (χ1n) is 3.06. The molecule has 8 heavy (non-hydrogen) atoms. The monoisotopic (exact) mass is 130 g/mol. The fourth-order valence-electron chi connectivity index (χ4n) is 0.962. The molecule has 1 aliphatic rings. The van der Waals surface area contributed by atoms with Crippen molar-refractivity contribution >= 4 is 15.0 Å². The van der Waals surface area contributed by atoms with Crippen molar-refractivity contribution in [2.75, 3.05) is 0 Å². The molecule has 1 aliphatic carbocycles. The Bertz CT molecular complexity index is 90.7. The Morgan fingerprint density at radius 2 is 1.88 bits per heavy atom. The average Bonchev–Trinajstić information content (AvgIpc) is 1.77. The summed E-state index contributed by atoms with van der Waals surface area (Å²) in [6, 6.07) is 0. The van der Waals surface area contributed by atoms with E-state index in [0.717, 1.165) is 25.7 Å². The smallest absolute Gasteiger partial charge is 0.132 e. The molecule has 1 saturated carbocycles. The van der Waals surface area contributed by atoms with Crippen molar-refractivity contribution in [3.63, 3.8) is 0 Å². The molecule has 0 aromatic rings. The average molecular weight is 130 g/mol. The van der Waals surface area contributed by atoms with Crippen LogP contribution in [0.1, 0.15) is 25.7 Å². The Balaban J connectivity index is 2.29. The number of ketones is 1. The van der Waals surface area contributed by atoms with Crippen LogP contribution in [0.2, 0.25) is 0 Å². The summed E-state index contributed by atoms with van der Waals surface area (Å²) in [5.74, 6) is 0.448. The molecule has 1 nitrogen and oxygen atoms in total. The van der Waals surface area contributed by atoms with E-state index in [1.54, 1.807) is 0 Å². The summed E-state index contributed by atoms with van der Waals surface area (Å²) in [4.78, 5) is 10.6. The van der Waals surface area contributed by atoms with Gasteiger partial charge in [0.05, 0.1) is 0 Å². The fourth-order valence-corrected chi connectivity index (χ4v) is 1.30. The highest BCUT2D eigenvalue weighted by Gasteiger charge is 2.13. The molecule has 1 fully saturated rings. The van der Waals surface area contributed by atoms with E-state index in [1.807, 2.05) is 0 Å². The second-order valence-corrected chi connectivity index (χ2v) is 3.32. The molecule has 46 valence electrons. The van der Waals surface area contributed by atoms with Crippen molar-refractivity contribution in [1.82, 2.24) is 0 Å². The van der Waals surface area contributed by atoms with Gasteiger partial charge in [0.2, 0.25) is 0 Å². The van der Waals surface area contributed by atoms with Crippen molar-refractivity contribution in [3.8, 4) is 0 Å². The van der Waals surface area contributed by atoms with E-state index in [9.17, 15) is 4.79 Å². The molecule has 0 N–H and O–H groups in total. The lowest BCUT2D eigenvalue weighted by Gasteiger charge is -2.14. The zero-order valence-electron chi connectivity index (χ0n) is 4.89. The van der Waals surface area contributed by atoms with Gasteiger partial charge in [0.25, 0.3) is 0 Å². The first-order valence-corrected chi connectivity index (χ1v) is 3.73. The van der Waals surface area contributed by atoms with Gasteiger partial charge in [0.1, 0.15) is 5.78 Å². The Labute approximate surface area is 52.0 Å². The van der Waals surface area contributed by atoms with Crippen molar-refractivity contribution in [3.05, 3.63) is 0 Å². The van der Waals surface area contributed by atoms with Crippen molar-refractivity contribution in [2.45, 2.75) is 31.3 Å². The SMILES string of the molecule is O=C1CCC(P)CC1. The Morgan fingerprint density at radius 1 is 1.38 bits per heavy atom. The van der Waals surface area contributed by atoms with Crippen LogP contribution in [-0.2, 0) is 4.79 Å². The van der Waals surface area contributed by atoms with E-state index in [2.05, 4.69) is 9.24 Å². The van der Waals surface area contributed by atoms with Crippen LogP contribution in [-0.4, -0.2) is 11.4 Å². The van der Waals surface area contributed by atoms with Gasteiger partial charge in [-0.15, -0.1) is 9.24 Å². The van der Waals surface area contributed by atoms with Crippen LogP contribution in [0.15, 0.2) is 0 Å². The van der Waals surface area contributed by atoms with Crippen molar-refractivity contribution in [1.29, 1.82) is 0 Å². The lowest BCUT2D eigenvalue weighted by atomic mass is 9.99. The molecule has 1 atom stereocenters. The molecule has 0 aromatic heterocycles. The topological polar surface area (TPSA) is 17.1 Å². The molecule has 0 aliphatic heterocycles. The fraction of sp³-hybridized carbons (Fsp3) is 0.833. The van der Waals surface area contributed by atoms with Gasteiger partial charge in [-0.25, -0.2) is 0 Å². The predicted molar refractivity (Wildman–Crippen MR) is 37.0 cm³/mol. The minimum atomic E-state index is 0.448. The molecule has 2 heteroatoms. The molecule has 0 aromatic carbocycles. The summed E-state index contributed by atoms with van der Waals surface area (Å²) >= 11 is 0. The number of rotatable bonds is 0. The van der Waals surface area contributed by atoms with Gasteiger partial charge in [-0.2, -0.15) is 0 Å². The maximum absolute atomic E-state index is 10.6. The van der Waals surface area contributed by atoms with Crippen LogP contribution in [0.25, 0.3) is 0 Å². The van der Waals surface area contributed by atoms with Gasteiger partial charge in [0, 0.05) is 12.8 Å². The number of hydrogen-bond acceptors (Lipinski definition) is 1. The largest absolute Gasteiger partial charge is 0.300 e. The molecule has 0 bridgehead atoms. The Hall–Kier alpha value is 0.100. The Kier molecular flexibility index (Phi) is 2.01. The van der Waals surface area contributed by atoms with Crippen molar-refractivity contribution in [2.24, 2.45) is 0 Å². The normalized spacial score (nSPS) is 23.9. The predicted octanol–water partition coefficient (Wildman–Crippen LogP) is 1.37. The summed E-state index contributed by atoms with van der Waals surface area (Å²) in [7, 11) is 2.77. The highest BCUT2D eigenvalue weighted by Crippen LogP contribution is 2.21. The van der Waals surface area contributed by atoms with Crippen LogP contribution < -0.4 is 0 Å². The minimum Gasteiger partial charge on any atom is -0.300 e. The molecule has 1 unspecified atom stereocenters. The number of carbonyl (C=O) groups excluding carboxylic acids is 1. The summed E-state index contributed by atoms with van der Waals surface area (Å²) in [6.45, 7) is 0. The lowest BCUT2D eigenvalue weighted by molar-refractivity contribution is -0.120. The molecule has 0 radical (unpaired) electrons. The maximum atomic E-state index is 10.6. The third-order valence-corrected chi connectivity index (χ3v) is 2.25. The highest BCUT2D eigenvalue weighted by molar-refractivity contribution is 7.17. The first kappa shape index (κ1) is 6.22. The quantitative estimate of drug-likeness (QED) is 0.452. The second-order valence-electron chi connectivity index (χ2n) is 2.38. The van der Waals surface area contributed by atoms with E-state index in [4.69, 9.17) is 0 Å². The van der Waals surface area contributed by atoms with Crippen LogP contribution in [0.5, 0.6) is 0 Å². The standard InChI is InChI=1S/C6H11OP/c7-5-1-3-6(8)4-2-5/h6H,1-4,8H2. The molecule has 0 heterocycles.